The lowest BCUT2D eigenvalue weighted by Gasteiger charge is -2.27. The highest BCUT2D eigenvalue weighted by molar-refractivity contribution is 4.95. The molecule has 1 fully saturated rings. The van der Waals surface area contributed by atoms with Crippen LogP contribution < -0.4 is 5.32 Å². The first kappa shape index (κ1) is 13.5. The Morgan fingerprint density at radius 2 is 2.33 bits per heavy atom. The monoisotopic (exact) mass is 253 g/mol. The van der Waals surface area contributed by atoms with Gasteiger partial charge in [0.05, 0.1) is 6.04 Å². The minimum absolute atomic E-state index is 0.219. The molecule has 1 aliphatic heterocycles. The van der Waals surface area contributed by atoms with Gasteiger partial charge in [-0.3, -0.25) is 0 Å². The molecule has 2 atom stereocenters. The van der Waals surface area contributed by atoms with Crippen molar-refractivity contribution in [3.8, 4) is 0 Å². The molecular formula is C13H23N3O2. The van der Waals surface area contributed by atoms with Gasteiger partial charge in [-0.05, 0) is 31.7 Å². The Balaban J connectivity index is 1.88. The van der Waals surface area contributed by atoms with Gasteiger partial charge in [0.15, 0.2) is 5.82 Å². The van der Waals surface area contributed by atoms with Gasteiger partial charge in [0.1, 0.15) is 6.61 Å². The van der Waals surface area contributed by atoms with Crippen molar-refractivity contribution in [2.24, 2.45) is 5.92 Å². The molecule has 5 heteroatoms. The molecule has 18 heavy (non-hydrogen) atoms. The Hall–Kier alpha value is -0.940. The molecular weight excluding hydrogens is 230 g/mol. The molecule has 2 heterocycles. The van der Waals surface area contributed by atoms with Crippen molar-refractivity contribution in [2.45, 2.75) is 52.2 Å². The SMILES string of the molecule is CCCOCc1noc(C2CC(CC)CCN2)n1. The van der Waals surface area contributed by atoms with Crippen LogP contribution in [0.3, 0.4) is 0 Å². The first-order valence-corrected chi connectivity index (χ1v) is 6.97. The Kier molecular flexibility index (Phi) is 5.13. The summed E-state index contributed by atoms with van der Waals surface area (Å²) in [6.07, 6.45) is 4.56. The van der Waals surface area contributed by atoms with Crippen molar-refractivity contribution in [1.82, 2.24) is 15.5 Å². The summed E-state index contributed by atoms with van der Waals surface area (Å²) in [6.45, 7) is 6.54. The highest BCUT2D eigenvalue weighted by Gasteiger charge is 2.25. The summed E-state index contributed by atoms with van der Waals surface area (Å²) in [5.74, 6) is 2.13. The van der Waals surface area contributed by atoms with Gasteiger partial charge in [0, 0.05) is 6.61 Å². The molecule has 0 radical (unpaired) electrons. The van der Waals surface area contributed by atoms with E-state index in [1.165, 1.54) is 12.8 Å². The molecule has 0 spiro atoms. The van der Waals surface area contributed by atoms with Crippen molar-refractivity contribution < 1.29 is 9.26 Å². The Morgan fingerprint density at radius 1 is 1.44 bits per heavy atom. The molecule has 5 nitrogen and oxygen atoms in total. The van der Waals surface area contributed by atoms with E-state index >= 15 is 0 Å². The number of hydrogen-bond donors (Lipinski definition) is 1. The van der Waals surface area contributed by atoms with Gasteiger partial charge < -0.3 is 14.6 Å². The Morgan fingerprint density at radius 3 is 3.11 bits per heavy atom. The van der Waals surface area contributed by atoms with E-state index in [9.17, 15) is 0 Å². The molecule has 0 aliphatic carbocycles. The lowest BCUT2D eigenvalue weighted by atomic mass is 9.90. The van der Waals surface area contributed by atoms with Crippen molar-refractivity contribution in [1.29, 1.82) is 0 Å². The minimum Gasteiger partial charge on any atom is -0.373 e. The van der Waals surface area contributed by atoms with E-state index in [1.54, 1.807) is 0 Å². The van der Waals surface area contributed by atoms with Crippen molar-refractivity contribution in [3.05, 3.63) is 11.7 Å². The van der Waals surface area contributed by atoms with E-state index in [0.29, 0.717) is 18.3 Å². The summed E-state index contributed by atoms with van der Waals surface area (Å²) >= 11 is 0. The number of nitrogens with one attached hydrogen (secondary N) is 1. The van der Waals surface area contributed by atoms with E-state index < -0.39 is 0 Å². The molecule has 1 N–H and O–H groups in total. The Labute approximate surface area is 108 Å². The quantitative estimate of drug-likeness (QED) is 0.789. The summed E-state index contributed by atoms with van der Waals surface area (Å²) in [7, 11) is 0. The first-order valence-electron chi connectivity index (χ1n) is 6.97. The first-order chi connectivity index (χ1) is 8.83. The number of nitrogens with zero attached hydrogens (tertiary/aromatic N) is 2. The lowest BCUT2D eigenvalue weighted by molar-refractivity contribution is 0.114. The smallest absolute Gasteiger partial charge is 0.243 e. The van der Waals surface area contributed by atoms with E-state index in [0.717, 1.165) is 31.9 Å². The highest BCUT2D eigenvalue weighted by atomic mass is 16.5. The van der Waals surface area contributed by atoms with Crippen LogP contribution in [-0.4, -0.2) is 23.3 Å². The van der Waals surface area contributed by atoms with E-state index in [2.05, 4.69) is 29.3 Å². The molecule has 1 aromatic rings. The molecule has 0 saturated carbocycles. The molecule has 0 bridgehead atoms. The van der Waals surface area contributed by atoms with Crippen LogP contribution >= 0.6 is 0 Å². The second kappa shape index (κ2) is 6.85. The summed E-state index contributed by atoms with van der Waals surface area (Å²) in [5, 5.41) is 7.41. The summed E-state index contributed by atoms with van der Waals surface area (Å²) in [6, 6.07) is 0.219. The summed E-state index contributed by atoms with van der Waals surface area (Å²) in [5.41, 5.74) is 0. The highest BCUT2D eigenvalue weighted by Crippen LogP contribution is 2.28. The van der Waals surface area contributed by atoms with Crippen LogP contribution in [0.15, 0.2) is 4.52 Å². The maximum Gasteiger partial charge on any atom is 0.243 e. The minimum atomic E-state index is 0.219. The zero-order valence-electron chi connectivity index (χ0n) is 11.3. The van der Waals surface area contributed by atoms with Crippen molar-refractivity contribution in [3.63, 3.8) is 0 Å². The third-order valence-electron chi connectivity index (χ3n) is 3.45. The predicted octanol–water partition coefficient (Wildman–Crippen LogP) is 2.45. The van der Waals surface area contributed by atoms with Gasteiger partial charge in [-0.2, -0.15) is 4.98 Å². The second-order valence-electron chi connectivity index (χ2n) is 4.91. The van der Waals surface area contributed by atoms with Gasteiger partial charge in [-0.25, -0.2) is 0 Å². The molecule has 1 aliphatic rings. The average Bonchev–Trinajstić information content (AvgIpc) is 2.88. The second-order valence-corrected chi connectivity index (χ2v) is 4.91. The third kappa shape index (κ3) is 3.53. The van der Waals surface area contributed by atoms with Crippen LogP contribution in [0.2, 0.25) is 0 Å². The fraction of sp³-hybridized carbons (Fsp3) is 0.846. The van der Waals surface area contributed by atoms with E-state index in [4.69, 9.17) is 9.26 Å². The van der Waals surface area contributed by atoms with Crippen LogP contribution in [0.25, 0.3) is 0 Å². The molecule has 2 unspecified atom stereocenters. The zero-order valence-corrected chi connectivity index (χ0v) is 11.3. The molecule has 0 amide bonds. The van der Waals surface area contributed by atoms with Gasteiger partial charge in [-0.15, -0.1) is 0 Å². The predicted molar refractivity (Wildman–Crippen MR) is 68.0 cm³/mol. The number of aromatic nitrogens is 2. The van der Waals surface area contributed by atoms with Crippen LogP contribution in [0.1, 0.15) is 57.3 Å². The maximum atomic E-state index is 5.41. The molecule has 1 saturated heterocycles. The van der Waals surface area contributed by atoms with E-state index in [-0.39, 0.29) is 6.04 Å². The summed E-state index contributed by atoms with van der Waals surface area (Å²) < 4.78 is 10.7. The third-order valence-corrected chi connectivity index (χ3v) is 3.45. The lowest BCUT2D eigenvalue weighted by Crippen LogP contribution is -2.31. The van der Waals surface area contributed by atoms with Crippen LogP contribution in [0.5, 0.6) is 0 Å². The van der Waals surface area contributed by atoms with Gasteiger partial charge in [-0.1, -0.05) is 25.4 Å². The molecule has 1 aromatic heterocycles. The number of rotatable bonds is 6. The number of piperidine rings is 1. The number of ether oxygens (including phenoxy) is 1. The molecule has 2 rings (SSSR count). The standard InChI is InChI=1S/C13H23N3O2/c1-3-7-17-9-12-15-13(18-16-12)11-8-10(4-2)5-6-14-11/h10-11,14H,3-9H2,1-2H3. The van der Waals surface area contributed by atoms with Crippen LogP contribution in [0, 0.1) is 5.92 Å². The van der Waals surface area contributed by atoms with Crippen molar-refractivity contribution in [2.75, 3.05) is 13.2 Å². The van der Waals surface area contributed by atoms with Crippen LogP contribution in [-0.2, 0) is 11.3 Å². The maximum absolute atomic E-state index is 5.41. The molecule has 0 aromatic carbocycles. The van der Waals surface area contributed by atoms with Gasteiger partial charge >= 0.3 is 0 Å². The average molecular weight is 253 g/mol. The topological polar surface area (TPSA) is 60.2 Å². The van der Waals surface area contributed by atoms with Gasteiger partial charge in [0.25, 0.3) is 0 Å². The van der Waals surface area contributed by atoms with Crippen molar-refractivity contribution >= 4 is 0 Å². The fourth-order valence-corrected chi connectivity index (χ4v) is 2.33. The summed E-state index contributed by atoms with van der Waals surface area (Å²) in [4.78, 5) is 4.41. The van der Waals surface area contributed by atoms with E-state index in [1.807, 2.05) is 0 Å². The van der Waals surface area contributed by atoms with Gasteiger partial charge in [0.2, 0.25) is 5.89 Å². The number of hydrogen-bond acceptors (Lipinski definition) is 5. The Bertz CT molecular complexity index is 354. The largest absolute Gasteiger partial charge is 0.373 e. The van der Waals surface area contributed by atoms with Crippen LogP contribution in [0.4, 0.5) is 0 Å². The molecule has 102 valence electrons. The normalized spacial score (nSPS) is 24.3. The zero-order chi connectivity index (χ0) is 12.8. The fourth-order valence-electron chi connectivity index (χ4n) is 2.33.